The summed E-state index contributed by atoms with van der Waals surface area (Å²) in [5, 5.41) is 10.3. The zero-order chi connectivity index (χ0) is 22.8. The minimum Gasteiger partial charge on any atom is -0.310 e. The van der Waals surface area contributed by atoms with Crippen molar-refractivity contribution in [2.45, 2.75) is 12.1 Å². The summed E-state index contributed by atoms with van der Waals surface area (Å²) in [5.74, 6) is 0.471. The second-order valence-corrected chi connectivity index (χ2v) is 9.10. The van der Waals surface area contributed by atoms with Crippen LogP contribution in [-0.4, -0.2) is 31.0 Å². The van der Waals surface area contributed by atoms with Crippen LogP contribution in [0.15, 0.2) is 88.1 Å². The van der Waals surface area contributed by atoms with Crippen LogP contribution in [0.3, 0.4) is 0 Å². The molecule has 0 spiro atoms. The number of para-hydroxylation sites is 2. The van der Waals surface area contributed by atoms with Gasteiger partial charge in [0.25, 0.3) is 5.56 Å². The Bertz CT molecular complexity index is 1490. The molecule has 0 aliphatic rings. The van der Waals surface area contributed by atoms with Crippen molar-refractivity contribution in [1.82, 2.24) is 19.3 Å². The lowest BCUT2D eigenvalue weighted by atomic mass is 10.3. The highest BCUT2D eigenvalue weighted by Crippen LogP contribution is 2.24. The van der Waals surface area contributed by atoms with Crippen LogP contribution >= 0.6 is 23.1 Å². The van der Waals surface area contributed by atoms with Crippen LogP contribution in [0, 0.1) is 6.92 Å². The number of nitrogens with zero attached hydrogens (tertiary/aromatic N) is 4. The normalized spacial score (nSPS) is 11.1. The van der Waals surface area contributed by atoms with E-state index in [1.807, 2.05) is 79.0 Å². The smallest absolute Gasteiger partial charge is 0.267 e. The second kappa shape index (κ2) is 9.05. The van der Waals surface area contributed by atoms with Crippen molar-refractivity contribution in [2.75, 3.05) is 11.1 Å². The molecule has 0 unspecified atom stereocenters. The summed E-state index contributed by atoms with van der Waals surface area (Å²) in [5.41, 5.74) is 2.22. The summed E-state index contributed by atoms with van der Waals surface area (Å²) in [6.07, 6.45) is 0. The molecule has 0 radical (unpaired) electrons. The molecule has 0 saturated heterocycles. The Morgan fingerprint density at radius 1 is 1.03 bits per heavy atom. The largest absolute Gasteiger partial charge is 0.310 e. The van der Waals surface area contributed by atoms with E-state index in [1.54, 1.807) is 15.3 Å². The molecule has 0 aliphatic heterocycles. The molecule has 3 aromatic heterocycles. The van der Waals surface area contributed by atoms with Gasteiger partial charge < -0.3 is 5.32 Å². The van der Waals surface area contributed by atoms with E-state index < -0.39 is 0 Å². The fourth-order valence-electron chi connectivity index (χ4n) is 3.46. The predicted molar refractivity (Wildman–Crippen MR) is 133 cm³/mol. The number of nitrogens with one attached hydrogen (secondary N) is 1. The van der Waals surface area contributed by atoms with E-state index in [-0.39, 0.29) is 17.2 Å². The highest BCUT2D eigenvalue weighted by atomic mass is 32.2. The molecule has 5 aromatic rings. The monoisotopic (exact) mass is 473 g/mol. The van der Waals surface area contributed by atoms with Gasteiger partial charge >= 0.3 is 0 Å². The Balaban J connectivity index is 1.41. The van der Waals surface area contributed by atoms with Crippen molar-refractivity contribution < 1.29 is 4.79 Å². The van der Waals surface area contributed by atoms with Crippen molar-refractivity contribution in [2.24, 2.45) is 0 Å². The fraction of sp³-hybridized carbons (Fsp3) is 0.0833. The summed E-state index contributed by atoms with van der Waals surface area (Å²) in [7, 11) is 0. The minimum atomic E-state index is -0.211. The average Bonchev–Trinajstić information content (AvgIpc) is 3.45. The minimum absolute atomic E-state index is 0.0924. The molecule has 0 saturated carbocycles. The Kier molecular flexibility index (Phi) is 5.80. The van der Waals surface area contributed by atoms with Gasteiger partial charge in [-0.05, 0) is 42.6 Å². The van der Waals surface area contributed by atoms with Gasteiger partial charge in [0.15, 0.2) is 5.16 Å². The Hall–Kier alpha value is -3.69. The first-order valence-electron chi connectivity index (χ1n) is 10.2. The number of rotatable bonds is 6. The van der Waals surface area contributed by atoms with Gasteiger partial charge in [-0.15, -0.1) is 11.3 Å². The van der Waals surface area contributed by atoms with Crippen LogP contribution in [0.1, 0.15) is 5.69 Å². The number of thioether (sulfide) groups is 1. The molecule has 0 atom stereocenters. The number of amides is 1. The number of hydrogen-bond acceptors (Lipinski definition) is 6. The Labute approximate surface area is 197 Å². The number of aryl methyl sites for hydroxylation is 1. The van der Waals surface area contributed by atoms with E-state index in [9.17, 15) is 9.59 Å². The van der Waals surface area contributed by atoms with Crippen LogP contribution in [0.4, 0.5) is 5.82 Å². The maximum atomic E-state index is 13.2. The molecule has 0 bridgehead atoms. The fourth-order valence-corrected chi connectivity index (χ4v) is 5.08. The number of thiophene rings is 1. The highest BCUT2D eigenvalue weighted by molar-refractivity contribution is 7.99. The van der Waals surface area contributed by atoms with E-state index in [4.69, 9.17) is 0 Å². The molecular formula is C24H19N5O2S2. The molecule has 0 aliphatic carbocycles. The van der Waals surface area contributed by atoms with Crippen LogP contribution < -0.4 is 10.9 Å². The van der Waals surface area contributed by atoms with E-state index >= 15 is 0 Å². The van der Waals surface area contributed by atoms with Gasteiger partial charge in [0.2, 0.25) is 5.91 Å². The van der Waals surface area contributed by atoms with E-state index in [2.05, 4.69) is 15.4 Å². The Morgan fingerprint density at radius 2 is 1.73 bits per heavy atom. The lowest BCUT2D eigenvalue weighted by Crippen LogP contribution is -2.22. The SMILES string of the molecule is Cc1cc(NC(=O)CSc2nc3sccc3c(=O)n2-c2ccccc2)n(-c2ccccc2)n1. The summed E-state index contributed by atoms with van der Waals surface area (Å²) in [4.78, 5) is 31.3. The molecule has 3 heterocycles. The van der Waals surface area contributed by atoms with Crippen molar-refractivity contribution >= 4 is 45.0 Å². The molecule has 164 valence electrons. The first-order chi connectivity index (χ1) is 16.1. The molecule has 9 heteroatoms. The number of carbonyl (C=O) groups excluding carboxylic acids is 1. The van der Waals surface area contributed by atoms with Crippen LogP contribution in [-0.2, 0) is 4.79 Å². The van der Waals surface area contributed by atoms with Crippen molar-refractivity contribution in [1.29, 1.82) is 0 Å². The van der Waals surface area contributed by atoms with E-state index in [1.165, 1.54) is 23.1 Å². The Morgan fingerprint density at radius 3 is 2.45 bits per heavy atom. The van der Waals surface area contributed by atoms with Gasteiger partial charge in [-0.25, -0.2) is 9.67 Å². The maximum Gasteiger partial charge on any atom is 0.267 e. The average molecular weight is 474 g/mol. The standard InChI is InChI=1S/C24H19N5O2S2/c1-16-14-20(29(27-16)18-10-6-3-7-11-18)25-21(30)15-33-24-26-22-19(12-13-32-22)23(31)28(24)17-8-4-2-5-9-17/h2-14H,15H2,1H3,(H,25,30). The lowest BCUT2D eigenvalue weighted by Gasteiger charge is -2.12. The summed E-state index contributed by atoms with van der Waals surface area (Å²) < 4.78 is 3.26. The molecule has 2 aromatic carbocycles. The van der Waals surface area contributed by atoms with Gasteiger partial charge in [-0.1, -0.05) is 48.2 Å². The molecule has 33 heavy (non-hydrogen) atoms. The molecule has 0 fully saturated rings. The zero-order valence-electron chi connectivity index (χ0n) is 17.6. The predicted octanol–water partition coefficient (Wildman–Crippen LogP) is 4.67. The summed E-state index contributed by atoms with van der Waals surface area (Å²) in [6.45, 7) is 1.88. The van der Waals surface area contributed by atoms with Crippen molar-refractivity contribution in [3.05, 3.63) is 94.2 Å². The number of benzene rings is 2. The second-order valence-electron chi connectivity index (χ2n) is 7.27. The zero-order valence-corrected chi connectivity index (χ0v) is 19.3. The van der Waals surface area contributed by atoms with Crippen LogP contribution in [0.25, 0.3) is 21.6 Å². The molecule has 1 amide bonds. The number of aromatic nitrogens is 4. The van der Waals surface area contributed by atoms with Gasteiger partial charge in [-0.3, -0.25) is 14.2 Å². The molecular weight excluding hydrogens is 454 g/mol. The summed E-state index contributed by atoms with van der Waals surface area (Å²) in [6, 6.07) is 22.6. The quantitative estimate of drug-likeness (QED) is 0.286. The third-order valence-electron chi connectivity index (χ3n) is 4.91. The van der Waals surface area contributed by atoms with Crippen LogP contribution in [0.2, 0.25) is 0 Å². The first kappa shape index (κ1) is 21.2. The van der Waals surface area contributed by atoms with Gasteiger partial charge in [0, 0.05) is 6.07 Å². The molecule has 1 N–H and O–H groups in total. The number of anilines is 1. The summed E-state index contributed by atoms with van der Waals surface area (Å²) >= 11 is 2.64. The lowest BCUT2D eigenvalue weighted by molar-refractivity contribution is -0.113. The van der Waals surface area contributed by atoms with E-state index in [0.717, 1.165) is 11.4 Å². The topological polar surface area (TPSA) is 81.8 Å². The van der Waals surface area contributed by atoms with Crippen molar-refractivity contribution in [3.8, 4) is 11.4 Å². The van der Waals surface area contributed by atoms with Gasteiger partial charge in [0.05, 0.1) is 28.2 Å². The highest BCUT2D eigenvalue weighted by Gasteiger charge is 2.17. The molecule has 7 nitrogen and oxygen atoms in total. The van der Waals surface area contributed by atoms with Gasteiger partial charge in [0.1, 0.15) is 10.6 Å². The number of fused-ring (bicyclic) bond motifs is 1. The molecule has 5 rings (SSSR count). The van der Waals surface area contributed by atoms with Crippen molar-refractivity contribution in [3.63, 3.8) is 0 Å². The first-order valence-corrected chi connectivity index (χ1v) is 12.1. The third kappa shape index (κ3) is 4.33. The van der Waals surface area contributed by atoms with Gasteiger partial charge in [-0.2, -0.15) is 5.10 Å². The van der Waals surface area contributed by atoms with E-state index in [0.29, 0.717) is 26.9 Å². The number of carbonyl (C=O) groups is 1. The van der Waals surface area contributed by atoms with Crippen LogP contribution in [0.5, 0.6) is 0 Å². The maximum absolute atomic E-state index is 13.2. The third-order valence-corrected chi connectivity index (χ3v) is 6.66. The number of hydrogen-bond donors (Lipinski definition) is 1.